The molecule has 2 aliphatic rings. The number of primary amides is 1. The Hall–Kier alpha value is -3.23. The van der Waals surface area contributed by atoms with Crippen molar-refractivity contribution in [3.63, 3.8) is 0 Å². The van der Waals surface area contributed by atoms with Crippen molar-refractivity contribution in [1.82, 2.24) is 9.78 Å². The van der Waals surface area contributed by atoms with Crippen LogP contribution < -0.4 is 49.3 Å². The van der Waals surface area contributed by atoms with Gasteiger partial charge in [0.25, 0.3) is 22.2 Å². The normalized spacial score (nSPS) is 21.9. The van der Waals surface area contributed by atoms with Crippen molar-refractivity contribution in [2.45, 2.75) is 25.6 Å². The molecule has 12 nitrogen and oxygen atoms in total. The van der Waals surface area contributed by atoms with Crippen LogP contribution in [0.15, 0.2) is 48.5 Å². The Bertz CT molecular complexity index is 1770. The molecule has 0 unspecified atom stereocenters. The first kappa shape index (κ1) is 20.7. The molecule has 2 aromatic carbocycles. The number of piperidine rings is 1. The van der Waals surface area contributed by atoms with Gasteiger partial charge in [0.05, 0.1) is 5.69 Å². The van der Waals surface area contributed by atoms with E-state index in [1.165, 1.54) is 41.3 Å². The van der Waals surface area contributed by atoms with Crippen LogP contribution in [0.1, 0.15) is 53.9 Å². The Morgan fingerprint density at radius 2 is 1.58 bits per heavy atom. The molecule has 1 saturated heterocycles. The molecule has 3 aromatic rings. The molecule has 0 spiro atoms. The molecule has 5 rings (SSSR count). The van der Waals surface area contributed by atoms with Gasteiger partial charge in [-0.25, -0.2) is 13.1 Å². The van der Waals surface area contributed by atoms with E-state index in [1.807, 2.05) is 0 Å². The van der Waals surface area contributed by atoms with Crippen molar-refractivity contribution in [1.29, 1.82) is 0 Å². The Morgan fingerprint density at radius 1 is 0.974 bits per heavy atom. The van der Waals surface area contributed by atoms with Crippen molar-refractivity contribution in [2.75, 3.05) is 22.8 Å². The molecule has 2 N–H and O–H groups in total. The minimum absolute atomic E-state index is 0. The molecule has 0 radical (unpaired) electrons. The number of hydrogen-bond acceptors (Lipinski definition) is 8. The maximum absolute atomic E-state index is 13.8. The van der Waals surface area contributed by atoms with Gasteiger partial charge in [0, 0.05) is 44.6 Å². The van der Waals surface area contributed by atoms with E-state index in [0.717, 1.165) is 16.8 Å². The number of anilines is 2. The molecule has 192 valence electrons. The number of carbonyl (C=O) groups excluding carboxylic acids is 3. The molecule has 14 heteroatoms. The predicted molar refractivity (Wildman–Crippen MR) is 130 cm³/mol. The fourth-order valence-corrected chi connectivity index (χ4v) is 4.45. The Labute approximate surface area is 249 Å². The average molecular weight is 555 g/mol. The predicted octanol–water partition coefficient (Wildman–Crippen LogP) is -1.47. The van der Waals surface area contributed by atoms with Crippen LogP contribution in [0.4, 0.5) is 11.4 Å². The molecule has 3 amide bonds. The van der Waals surface area contributed by atoms with Crippen LogP contribution in [0.25, 0.3) is 5.69 Å². The molecule has 0 saturated carbocycles. The van der Waals surface area contributed by atoms with Gasteiger partial charge in [-0.15, -0.1) is 0 Å². The number of aromatic nitrogens is 2. The third kappa shape index (κ3) is 5.47. The fraction of sp³-hybridized carbons (Fsp3) is 0.250. The number of benzene rings is 2. The molecular formula is C24H22N5NaO7S. The summed E-state index contributed by atoms with van der Waals surface area (Å²) in [5, 5.41) is 4.19. The van der Waals surface area contributed by atoms with Gasteiger partial charge in [-0.2, -0.15) is 5.10 Å². The van der Waals surface area contributed by atoms with Gasteiger partial charge >= 0.3 is 29.6 Å². The molecule has 1 fully saturated rings. The molecular weight excluding hydrogens is 526 g/mol. The molecule has 0 aliphatic carbocycles. The quantitative estimate of drug-likeness (QED) is 0.167. The minimum atomic E-state index is -5.03. The topological polar surface area (TPSA) is 168 Å². The van der Waals surface area contributed by atoms with Gasteiger partial charge < -0.3 is 24.3 Å². The summed E-state index contributed by atoms with van der Waals surface area (Å²) in [6.07, 6.45) is -6.49. The molecule has 38 heavy (non-hydrogen) atoms. The summed E-state index contributed by atoms with van der Waals surface area (Å²) in [5.74, 6) is -2.74. The Balaban J connectivity index is 0.00000442. The van der Waals surface area contributed by atoms with Crippen LogP contribution in [-0.4, -0.2) is 53.5 Å². The minimum Gasteiger partial charge on any atom is -0.716 e. The van der Waals surface area contributed by atoms with Gasteiger partial charge in [-0.05, 0) is 67.7 Å². The maximum atomic E-state index is 13.8. The van der Waals surface area contributed by atoms with E-state index in [4.69, 9.17) is 14.0 Å². The monoisotopic (exact) mass is 554 g/mol. The van der Waals surface area contributed by atoms with Gasteiger partial charge in [0.15, 0.2) is 5.69 Å². The standard InChI is InChI=1S/C24H23N5O7S.Na/c25-23(31)21-19-12-14-28(16-6-4-15(5-7-16)27-13-2-1-3-20(27)30)24(32)22(19)29(26-21)17-8-10-18(11-9-17)36-37(33,34)35;/h4-11H,1-3,12-14H2,(H2,25,31)(H,33,34,35);/q;+1/p-1/i1D2,2D2,13D2,20+1;. The summed E-state index contributed by atoms with van der Waals surface area (Å²) in [5.41, 5.74) is 6.07. The smallest absolute Gasteiger partial charge is 0.716 e. The zero-order valence-electron chi connectivity index (χ0n) is 25.9. The van der Waals surface area contributed by atoms with Crippen LogP contribution in [0, 0.1) is 0 Å². The third-order valence-corrected chi connectivity index (χ3v) is 6.09. The van der Waals surface area contributed by atoms with E-state index in [9.17, 15) is 27.4 Å². The largest absolute Gasteiger partial charge is 1.00 e. The van der Waals surface area contributed by atoms with Crippen molar-refractivity contribution in [2.24, 2.45) is 5.73 Å². The molecule has 3 heterocycles. The Morgan fingerprint density at radius 3 is 2.18 bits per heavy atom. The fourth-order valence-electron chi connectivity index (χ4n) is 4.10. The van der Waals surface area contributed by atoms with Crippen LogP contribution in [0.3, 0.4) is 0 Å². The number of rotatable bonds is 6. The van der Waals surface area contributed by atoms with Crippen LogP contribution in [-0.2, 0) is 21.6 Å². The van der Waals surface area contributed by atoms with Crippen molar-refractivity contribution < 1.29 is 69.3 Å². The van der Waals surface area contributed by atoms with E-state index in [-0.39, 0.29) is 76.6 Å². The first-order valence-electron chi connectivity index (χ1n) is 13.8. The Kier molecular flexibility index (Phi) is 5.92. The second-order valence-electron chi connectivity index (χ2n) is 7.98. The summed E-state index contributed by atoms with van der Waals surface area (Å²) >= 11 is 0. The molecule has 0 bridgehead atoms. The zero-order valence-corrected chi connectivity index (χ0v) is 22.7. The van der Waals surface area contributed by atoms with Crippen LogP contribution in [0.5, 0.6) is 5.75 Å². The molecule has 0 atom stereocenters. The number of nitrogens with two attached hydrogens (primary N) is 1. The number of carbonyl (C=O) groups is 3. The van der Waals surface area contributed by atoms with Crippen LogP contribution >= 0.6 is 0 Å². The van der Waals surface area contributed by atoms with E-state index in [0.29, 0.717) is 10.6 Å². The van der Waals surface area contributed by atoms with Gasteiger partial charge in [0.1, 0.15) is 11.4 Å². The second-order valence-corrected chi connectivity index (χ2v) is 8.96. The summed E-state index contributed by atoms with van der Waals surface area (Å²) in [6.45, 7) is -2.95. The summed E-state index contributed by atoms with van der Waals surface area (Å²) in [4.78, 5) is 40.5. The van der Waals surface area contributed by atoms with Crippen molar-refractivity contribution in [3.05, 3.63) is 65.5 Å². The molecule has 2 aliphatic heterocycles. The number of amides is 3. The van der Waals surface area contributed by atoms with Gasteiger partial charge in [-0.1, -0.05) is 0 Å². The van der Waals surface area contributed by atoms with E-state index >= 15 is 0 Å². The summed E-state index contributed by atoms with van der Waals surface area (Å²) < 4.78 is 86.4. The maximum Gasteiger partial charge on any atom is 1.00 e. The zero-order chi connectivity index (χ0) is 31.7. The second kappa shape index (κ2) is 10.9. The van der Waals surface area contributed by atoms with E-state index in [1.54, 1.807) is 0 Å². The third-order valence-electron chi connectivity index (χ3n) is 5.69. The molecule has 1 aromatic heterocycles. The summed E-state index contributed by atoms with van der Waals surface area (Å²) in [7, 11) is -5.03. The average Bonchev–Trinajstić information content (AvgIpc) is 3.29. The SMILES string of the molecule is [2H]C1([2H])C[13C](=O)N(c2ccc(N3CCc4c(C(N)=O)nn(-c5ccc(OS(=O)(=O)[O-])cc5)c4C3=O)cc2)C([2H])([2H])C1([2H])[2H].[Na+]. The van der Waals surface area contributed by atoms with Crippen molar-refractivity contribution >= 4 is 39.5 Å². The number of nitrogens with zero attached hydrogens (tertiary/aromatic N) is 4. The first-order chi connectivity index (χ1) is 19.9. The van der Waals surface area contributed by atoms with Gasteiger partial charge in [0.2, 0.25) is 5.91 Å². The first-order valence-corrected chi connectivity index (χ1v) is 12.1. The number of fused-ring (bicyclic) bond motifs is 1. The van der Waals surface area contributed by atoms with Crippen molar-refractivity contribution in [3.8, 4) is 11.4 Å². The van der Waals surface area contributed by atoms with Gasteiger partial charge in [-0.3, -0.25) is 14.4 Å². The van der Waals surface area contributed by atoms with E-state index < -0.39 is 53.8 Å². The number of hydrogen-bond donors (Lipinski definition) is 1. The summed E-state index contributed by atoms with van der Waals surface area (Å²) in [6, 6.07) is 10.4. The van der Waals surface area contributed by atoms with Crippen LogP contribution in [0.2, 0.25) is 0 Å². The van der Waals surface area contributed by atoms with E-state index in [2.05, 4.69) is 9.28 Å².